The number of nitrogens with zero attached hydrogens (tertiary/aromatic N) is 1. The predicted molar refractivity (Wildman–Crippen MR) is 48.7 cm³/mol. The lowest BCUT2D eigenvalue weighted by atomic mass is 10.2. The van der Waals surface area contributed by atoms with Gasteiger partial charge in [0.05, 0.1) is 11.7 Å². The number of pyridine rings is 1. The van der Waals surface area contributed by atoms with E-state index in [9.17, 15) is 4.79 Å². The molecule has 3 nitrogen and oxygen atoms in total. The fourth-order valence-electron chi connectivity index (χ4n) is 1.09. The second-order valence-corrected chi connectivity index (χ2v) is 2.28. The summed E-state index contributed by atoms with van der Waals surface area (Å²) in [5.41, 5.74) is 1.58. The third kappa shape index (κ3) is 1.19. The first-order chi connectivity index (χ1) is 5.42. The van der Waals surface area contributed by atoms with Crippen molar-refractivity contribution in [1.29, 1.82) is 0 Å². The van der Waals surface area contributed by atoms with E-state index in [-0.39, 0.29) is 12.4 Å². The predicted octanol–water partition coefficient (Wildman–Crippen LogP) is 1.80. The molecule has 0 unspecified atom stereocenters. The molecule has 0 fully saturated rings. The van der Waals surface area contributed by atoms with E-state index in [1.54, 1.807) is 18.6 Å². The molecule has 0 aromatic carbocycles. The summed E-state index contributed by atoms with van der Waals surface area (Å²) >= 11 is 0. The van der Waals surface area contributed by atoms with Crippen LogP contribution in [0, 0.1) is 0 Å². The van der Waals surface area contributed by atoms with Gasteiger partial charge in [-0.15, -0.1) is 12.4 Å². The van der Waals surface area contributed by atoms with Gasteiger partial charge in [0.1, 0.15) is 0 Å². The number of nitrogens with one attached hydrogen (secondary N) is 1. The third-order valence-electron chi connectivity index (χ3n) is 1.64. The molecule has 0 aliphatic rings. The average Bonchev–Trinajstić information content (AvgIpc) is 2.47. The Kier molecular flexibility index (Phi) is 2.45. The molecule has 4 heteroatoms. The van der Waals surface area contributed by atoms with Crippen molar-refractivity contribution in [2.24, 2.45) is 0 Å². The van der Waals surface area contributed by atoms with Crippen molar-refractivity contribution in [3.8, 4) is 0 Å². The first-order valence-electron chi connectivity index (χ1n) is 3.28. The van der Waals surface area contributed by atoms with Crippen LogP contribution in [0.1, 0.15) is 10.4 Å². The van der Waals surface area contributed by atoms with Gasteiger partial charge in [-0.3, -0.25) is 9.78 Å². The number of halogens is 1. The smallest absolute Gasteiger partial charge is 0.152 e. The van der Waals surface area contributed by atoms with Crippen LogP contribution >= 0.6 is 12.4 Å². The van der Waals surface area contributed by atoms with Crippen molar-refractivity contribution in [2.45, 2.75) is 0 Å². The first-order valence-corrected chi connectivity index (χ1v) is 3.28. The molecule has 1 N–H and O–H groups in total. The SMILES string of the molecule is Cl.O=Cc1c[nH]c2cnccc12. The van der Waals surface area contributed by atoms with Crippen LogP contribution in [-0.4, -0.2) is 16.3 Å². The van der Waals surface area contributed by atoms with E-state index in [1.165, 1.54) is 0 Å². The summed E-state index contributed by atoms with van der Waals surface area (Å²) in [5, 5.41) is 0.926. The van der Waals surface area contributed by atoms with Gasteiger partial charge in [0, 0.05) is 23.3 Å². The summed E-state index contributed by atoms with van der Waals surface area (Å²) in [6.45, 7) is 0. The monoisotopic (exact) mass is 182 g/mol. The number of rotatable bonds is 1. The van der Waals surface area contributed by atoms with Crippen LogP contribution in [0.15, 0.2) is 24.7 Å². The van der Waals surface area contributed by atoms with Crippen LogP contribution in [0.5, 0.6) is 0 Å². The average molecular weight is 183 g/mol. The summed E-state index contributed by atoms with van der Waals surface area (Å²) in [6.07, 6.45) is 5.88. The van der Waals surface area contributed by atoms with Crippen LogP contribution in [0.4, 0.5) is 0 Å². The number of aromatic amines is 1. The van der Waals surface area contributed by atoms with E-state index < -0.39 is 0 Å². The summed E-state index contributed by atoms with van der Waals surface area (Å²) in [7, 11) is 0. The highest BCUT2D eigenvalue weighted by Crippen LogP contribution is 2.13. The van der Waals surface area contributed by atoms with E-state index in [0.717, 1.165) is 17.2 Å². The first kappa shape index (κ1) is 8.74. The van der Waals surface area contributed by atoms with Crippen molar-refractivity contribution in [3.05, 3.63) is 30.2 Å². The van der Waals surface area contributed by atoms with Crippen molar-refractivity contribution in [1.82, 2.24) is 9.97 Å². The van der Waals surface area contributed by atoms with Crippen molar-refractivity contribution in [2.75, 3.05) is 0 Å². The number of hydrogen-bond donors (Lipinski definition) is 1. The Labute approximate surface area is 75.2 Å². The molecule has 2 heterocycles. The number of fused-ring (bicyclic) bond motifs is 1. The fourth-order valence-corrected chi connectivity index (χ4v) is 1.09. The molecule has 2 rings (SSSR count). The lowest BCUT2D eigenvalue weighted by Crippen LogP contribution is -1.74. The van der Waals surface area contributed by atoms with E-state index in [1.807, 2.05) is 6.07 Å². The Morgan fingerprint density at radius 3 is 3.08 bits per heavy atom. The number of aromatic nitrogens is 2. The van der Waals surface area contributed by atoms with Crippen molar-refractivity contribution < 1.29 is 4.79 Å². The zero-order valence-corrected chi connectivity index (χ0v) is 6.97. The molecule has 0 atom stereocenters. The Hall–Kier alpha value is -1.35. The Bertz CT molecular complexity index is 397. The Balaban J connectivity index is 0.000000720. The Morgan fingerprint density at radius 2 is 2.33 bits per heavy atom. The van der Waals surface area contributed by atoms with Crippen LogP contribution in [-0.2, 0) is 0 Å². The second-order valence-electron chi connectivity index (χ2n) is 2.28. The molecule has 0 bridgehead atoms. The highest BCUT2D eigenvalue weighted by Gasteiger charge is 1.99. The van der Waals surface area contributed by atoms with Gasteiger partial charge in [0.2, 0.25) is 0 Å². The summed E-state index contributed by atoms with van der Waals surface area (Å²) in [5.74, 6) is 0. The van der Waals surface area contributed by atoms with Crippen LogP contribution < -0.4 is 0 Å². The Morgan fingerprint density at radius 1 is 1.50 bits per heavy atom. The molecule has 0 aliphatic carbocycles. The van der Waals surface area contributed by atoms with Gasteiger partial charge in [-0.1, -0.05) is 0 Å². The van der Waals surface area contributed by atoms with Gasteiger partial charge in [0.15, 0.2) is 6.29 Å². The number of H-pyrrole nitrogens is 1. The van der Waals surface area contributed by atoms with E-state index >= 15 is 0 Å². The van der Waals surface area contributed by atoms with Crippen molar-refractivity contribution in [3.63, 3.8) is 0 Å². The molecular formula is C8H7ClN2O. The van der Waals surface area contributed by atoms with E-state index in [4.69, 9.17) is 0 Å². The second kappa shape index (κ2) is 3.36. The van der Waals surface area contributed by atoms with Crippen LogP contribution in [0.3, 0.4) is 0 Å². The number of hydrogen-bond acceptors (Lipinski definition) is 2. The normalized spacial score (nSPS) is 9.33. The van der Waals surface area contributed by atoms with Gasteiger partial charge in [0.25, 0.3) is 0 Å². The molecule has 0 radical (unpaired) electrons. The van der Waals surface area contributed by atoms with E-state index in [0.29, 0.717) is 5.56 Å². The number of carbonyl (C=O) groups is 1. The van der Waals surface area contributed by atoms with Crippen molar-refractivity contribution >= 4 is 29.6 Å². The molecule has 0 aliphatic heterocycles. The lowest BCUT2D eigenvalue weighted by molar-refractivity contribution is 0.112. The largest absolute Gasteiger partial charge is 0.359 e. The van der Waals surface area contributed by atoms with Gasteiger partial charge in [-0.2, -0.15) is 0 Å². The zero-order chi connectivity index (χ0) is 7.68. The highest BCUT2D eigenvalue weighted by atomic mass is 35.5. The minimum Gasteiger partial charge on any atom is -0.359 e. The lowest BCUT2D eigenvalue weighted by Gasteiger charge is -1.85. The molecule has 0 saturated carbocycles. The summed E-state index contributed by atoms with van der Waals surface area (Å²) in [4.78, 5) is 17.3. The maximum absolute atomic E-state index is 10.4. The molecule has 2 aromatic rings. The quantitative estimate of drug-likeness (QED) is 0.684. The third-order valence-corrected chi connectivity index (χ3v) is 1.64. The summed E-state index contributed by atoms with van der Waals surface area (Å²) < 4.78 is 0. The van der Waals surface area contributed by atoms with Crippen LogP contribution in [0.2, 0.25) is 0 Å². The molecular weight excluding hydrogens is 176 g/mol. The van der Waals surface area contributed by atoms with Crippen LogP contribution in [0.25, 0.3) is 10.9 Å². The molecule has 62 valence electrons. The molecule has 2 aromatic heterocycles. The molecule has 12 heavy (non-hydrogen) atoms. The van der Waals surface area contributed by atoms with Gasteiger partial charge >= 0.3 is 0 Å². The van der Waals surface area contributed by atoms with Gasteiger partial charge in [-0.25, -0.2) is 0 Å². The van der Waals surface area contributed by atoms with Gasteiger partial charge < -0.3 is 4.98 Å². The molecule has 0 amide bonds. The standard InChI is InChI=1S/C8H6N2O.ClH/c11-5-6-3-10-8-4-9-2-1-7(6)8;/h1-5,10H;1H. The minimum atomic E-state index is 0. The molecule has 0 spiro atoms. The van der Waals surface area contributed by atoms with Gasteiger partial charge in [-0.05, 0) is 6.07 Å². The molecule has 0 saturated heterocycles. The minimum absolute atomic E-state index is 0. The van der Waals surface area contributed by atoms with E-state index in [2.05, 4.69) is 9.97 Å². The zero-order valence-electron chi connectivity index (χ0n) is 6.15. The fraction of sp³-hybridized carbons (Fsp3) is 0. The number of aldehydes is 1. The maximum atomic E-state index is 10.4. The highest BCUT2D eigenvalue weighted by molar-refractivity contribution is 5.96. The number of carbonyl (C=O) groups excluding carboxylic acids is 1. The summed E-state index contributed by atoms with van der Waals surface area (Å²) in [6, 6.07) is 1.82. The maximum Gasteiger partial charge on any atom is 0.152 e. The topological polar surface area (TPSA) is 45.8 Å².